The lowest BCUT2D eigenvalue weighted by atomic mass is 10.0. The average Bonchev–Trinajstić information content (AvgIpc) is 2.83. The van der Waals surface area contributed by atoms with E-state index in [-0.39, 0.29) is 0 Å². The molecule has 0 radical (unpaired) electrons. The fourth-order valence-electron chi connectivity index (χ4n) is 2.34. The van der Waals surface area contributed by atoms with Gasteiger partial charge in [-0.15, -0.1) is 0 Å². The molecule has 0 spiro atoms. The second-order valence-electron chi connectivity index (χ2n) is 5.12. The van der Waals surface area contributed by atoms with Crippen molar-refractivity contribution in [2.75, 3.05) is 0 Å². The molecular formula is C16H23N3. The number of rotatable bonds is 7. The lowest BCUT2D eigenvalue weighted by molar-refractivity contribution is 0.534. The Balaban J connectivity index is 1.65. The summed E-state index contributed by atoms with van der Waals surface area (Å²) in [5.74, 6) is 0. The van der Waals surface area contributed by atoms with Gasteiger partial charge in [0.1, 0.15) is 0 Å². The second-order valence-corrected chi connectivity index (χ2v) is 5.12. The molecule has 1 atom stereocenters. The highest BCUT2D eigenvalue weighted by molar-refractivity contribution is 5.14. The first kappa shape index (κ1) is 13.8. The van der Waals surface area contributed by atoms with E-state index in [1.807, 2.05) is 17.9 Å². The Morgan fingerprint density at radius 1 is 1.11 bits per heavy atom. The summed E-state index contributed by atoms with van der Waals surface area (Å²) in [4.78, 5) is 0. The Labute approximate surface area is 115 Å². The van der Waals surface area contributed by atoms with E-state index in [0.717, 1.165) is 32.1 Å². The molecule has 3 heteroatoms. The van der Waals surface area contributed by atoms with Crippen molar-refractivity contribution < 1.29 is 0 Å². The molecule has 0 saturated carbocycles. The topological polar surface area (TPSA) is 43.8 Å². The first-order valence-electron chi connectivity index (χ1n) is 7.02. The van der Waals surface area contributed by atoms with Crippen LogP contribution in [0.25, 0.3) is 0 Å². The molecule has 0 aliphatic carbocycles. The van der Waals surface area contributed by atoms with Crippen LogP contribution in [0.2, 0.25) is 0 Å². The van der Waals surface area contributed by atoms with Crippen LogP contribution < -0.4 is 5.73 Å². The SMILES string of the molecule is Cn1nccc1CCC(N)CCCc1ccccc1. The number of nitrogens with two attached hydrogens (primary N) is 1. The standard InChI is InChI=1S/C16H23N3/c1-19-16(12-13-18-19)11-10-15(17)9-5-8-14-6-3-2-4-7-14/h2-4,6-7,12-13,15H,5,8-11,17H2,1H3. The van der Waals surface area contributed by atoms with Crippen LogP contribution in [0.5, 0.6) is 0 Å². The maximum absolute atomic E-state index is 6.17. The third kappa shape index (κ3) is 4.52. The Bertz CT molecular complexity index is 476. The molecule has 1 heterocycles. The van der Waals surface area contributed by atoms with Gasteiger partial charge in [0.25, 0.3) is 0 Å². The van der Waals surface area contributed by atoms with Crippen LogP contribution in [-0.2, 0) is 19.9 Å². The summed E-state index contributed by atoms with van der Waals surface area (Å²) >= 11 is 0. The molecule has 19 heavy (non-hydrogen) atoms. The molecule has 2 N–H and O–H groups in total. The van der Waals surface area contributed by atoms with Crippen molar-refractivity contribution in [1.29, 1.82) is 0 Å². The highest BCUT2D eigenvalue weighted by Crippen LogP contribution is 2.09. The van der Waals surface area contributed by atoms with Crippen molar-refractivity contribution in [2.24, 2.45) is 12.8 Å². The Hall–Kier alpha value is -1.61. The van der Waals surface area contributed by atoms with Crippen LogP contribution in [0.3, 0.4) is 0 Å². The molecule has 1 unspecified atom stereocenters. The molecule has 1 aromatic carbocycles. The van der Waals surface area contributed by atoms with Crippen molar-refractivity contribution in [3.05, 3.63) is 53.9 Å². The van der Waals surface area contributed by atoms with E-state index in [0.29, 0.717) is 6.04 Å². The maximum atomic E-state index is 6.17. The normalized spacial score (nSPS) is 12.5. The summed E-state index contributed by atoms with van der Waals surface area (Å²) in [6.07, 6.45) is 7.27. The highest BCUT2D eigenvalue weighted by Gasteiger charge is 2.05. The van der Waals surface area contributed by atoms with E-state index in [2.05, 4.69) is 41.5 Å². The summed E-state index contributed by atoms with van der Waals surface area (Å²) in [5, 5.41) is 4.17. The van der Waals surface area contributed by atoms with E-state index in [9.17, 15) is 0 Å². The summed E-state index contributed by atoms with van der Waals surface area (Å²) in [6.45, 7) is 0. The Kier molecular flexibility index (Phi) is 5.16. The number of aromatic nitrogens is 2. The lowest BCUT2D eigenvalue weighted by Gasteiger charge is -2.11. The summed E-state index contributed by atoms with van der Waals surface area (Å²) in [7, 11) is 1.98. The molecule has 0 fully saturated rings. The molecule has 2 aromatic rings. The van der Waals surface area contributed by atoms with Gasteiger partial charge >= 0.3 is 0 Å². The fraction of sp³-hybridized carbons (Fsp3) is 0.438. The van der Waals surface area contributed by atoms with Crippen LogP contribution in [0.1, 0.15) is 30.5 Å². The Morgan fingerprint density at radius 3 is 2.58 bits per heavy atom. The summed E-state index contributed by atoms with van der Waals surface area (Å²) in [6, 6.07) is 13.0. The number of aryl methyl sites for hydroxylation is 3. The molecule has 0 bridgehead atoms. The molecule has 0 aliphatic rings. The minimum absolute atomic E-state index is 0.290. The molecule has 2 rings (SSSR count). The minimum atomic E-state index is 0.290. The molecule has 0 amide bonds. The summed E-state index contributed by atoms with van der Waals surface area (Å²) < 4.78 is 1.93. The van der Waals surface area contributed by atoms with Gasteiger partial charge in [0, 0.05) is 25.0 Å². The maximum Gasteiger partial charge on any atom is 0.0492 e. The number of benzene rings is 1. The monoisotopic (exact) mass is 257 g/mol. The van der Waals surface area contributed by atoms with Crippen molar-refractivity contribution in [1.82, 2.24) is 9.78 Å². The van der Waals surface area contributed by atoms with Gasteiger partial charge in [-0.1, -0.05) is 30.3 Å². The zero-order valence-corrected chi connectivity index (χ0v) is 11.6. The van der Waals surface area contributed by atoms with Gasteiger partial charge in [-0.05, 0) is 43.7 Å². The van der Waals surface area contributed by atoms with Crippen LogP contribution in [0, 0.1) is 0 Å². The first-order chi connectivity index (χ1) is 9.25. The van der Waals surface area contributed by atoms with Gasteiger partial charge in [-0.25, -0.2) is 0 Å². The molecule has 0 aliphatic heterocycles. The van der Waals surface area contributed by atoms with E-state index in [1.54, 1.807) is 0 Å². The summed E-state index contributed by atoms with van der Waals surface area (Å²) in [5.41, 5.74) is 8.84. The highest BCUT2D eigenvalue weighted by atomic mass is 15.2. The van der Waals surface area contributed by atoms with E-state index in [1.165, 1.54) is 11.3 Å². The zero-order valence-electron chi connectivity index (χ0n) is 11.6. The van der Waals surface area contributed by atoms with Crippen molar-refractivity contribution in [3.8, 4) is 0 Å². The number of nitrogens with zero attached hydrogens (tertiary/aromatic N) is 2. The quantitative estimate of drug-likeness (QED) is 0.829. The minimum Gasteiger partial charge on any atom is -0.328 e. The van der Waals surface area contributed by atoms with Gasteiger partial charge in [0.15, 0.2) is 0 Å². The number of hydrogen-bond acceptors (Lipinski definition) is 2. The van der Waals surface area contributed by atoms with Crippen LogP contribution in [0.4, 0.5) is 0 Å². The van der Waals surface area contributed by atoms with Crippen molar-refractivity contribution in [2.45, 2.75) is 38.1 Å². The average molecular weight is 257 g/mol. The first-order valence-corrected chi connectivity index (χ1v) is 7.02. The number of hydrogen-bond donors (Lipinski definition) is 1. The molecule has 102 valence electrons. The van der Waals surface area contributed by atoms with Crippen molar-refractivity contribution in [3.63, 3.8) is 0 Å². The van der Waals surface area contributed by atoms with Gasteiger partial charge in [0.2, 0.25) is 0 Å². The van der Waals surface area contributed by atoms with Crippen molar-refractivity contribution >= 4 is 0 Å². The molecule has 3 nitrogen and oxygen atoms in total. The van der Waals surface area contributed by atoms with Crippen LogP contribution in [0.15, 0.2) is 42.6 Å². The third-order valence-electron chi connectivity index (χ3n) is 3.58. The molecule has 1 aromatic heterocycles. The van der Waals surface area contributed by atoms with Crippen LogP contribution >= 0.6 is 0 Å². The van der Waals surface area contributed by atoms with Gasteiger partial charge in [0.05, 0.1) is 0 Å². The van der Waals surface area contributed by atoms with E-state index >= 15 is 0 Å². The fourth-order valence-corrected chi connectivity index (χ4v) is 2.34. The second kappa shape index (κ2) is 7.10. The third-order valence-corrected chi connectivity index (χ3v) is 3.58. The predicted octanol–water partition coefficient (Wildman–Crippen LogP) is 2.70. The predicted molar refractivity (Wildman–Crippen MR) is 78.9 cm³/mol. The van der Waals surface area contributed by atoms with Gasteiger partial charge in [-0.2, -0.15) is 5.10 Å². The van der Waals surface area contributed by atoms with E-state index in [4.69, 9.17) is 5.73 Å². The smallest absolute Gasteiger partial charge is 0.0492 e. The lowest BCUT2D eigenvalue weighted by Crippen LogP contribution is -2.21. The van der Waals surface area contributed by atoms with Gasteiger partial charge in [-0.3, -0.25) is 4.68 Å². The Morgan fingerprint density at radius 2 is 1.89 bits per heavy atom. The zero-order chi connectivity index (χ0) is 13.5. The largest absolute Gasteiger partial charge is 0.328 e. The molecule has 0 saturated heterocycles. The molecular weight excluding hydrogens is 234 g/mol. The van der Waals surface area contributed by atoms with E-state index < -0.39 is 0 Å². The van der Waals surface area contributed by atoms with Crippen LogP contribution in [-0.4, -0.2) is 15.8 Å². The van der Waals surface area contributed by atoms with Gasteiger partial charge < -0.3 is 5.73 Å².